The van der Waals surface area contributed by atoms with Gasteiger partial charge in [-0.15, -0.1) is 11.3 Å². The lowest BCUT2D eigenvalue weighted by Gasteiger charge is -2.05. The fraction of sp³-hybridized carbons (Fsp3) is 0.273. The zero-order valence-electron chi connectivity index (χ0n) is 10.4. The second-order valence-electron chi connectivity index (χ2n) is 4.02. The lowest BCUT2D eigenvalue weighted by Crippen LogP contribution is -2.22. The van der Waals surface area contributed by atoms with Crippen molar-refractivity contribution in [1.82, 2.24) is 10.3 Å². The minimum absolute atomic E-state index is 0.187. The van der Waals surface area contributed by atoms with Gasteiger partial charge in [0.25, 0.3) is 5.91 Å². The van der Waals surface area contributed by atoms with Crippen molar-refractivity contribution in [3.63, 3.8) is 0 Å². The Morgan fingerprint density at radius 2 is 2.32 bits per heavy atom. The molecule has 2 heterocycles. The Morgan fingerprint density at radius 1 is 1.58 bits per heavy atom. The normalized spacial score (nSPS) is 10.5. The first-order valence-corrected chi connectivity index (χ1v) is 7.91. The van der Waals surface area contributed by atoms with Gasteiger partial charge >= 0.3 is 0 Å². The number of carbonyl (C=O) groups is 1. The van der Waals surface area contributed by atoms with Gasteiger partial charge in [0.05, 0.1) is 6.54 Å². The maximum Gasteiger partial charge on any atom is 0.265 e. The highest BCUT2D eigenvalue weighted by Gasteiger charge is 2.16. The highest BCUT2D eigenvalue weighted by atomic mass is 79.9. The van der Waals surface area contributed by atoms with Crippen molar-refractivity contribution >= 4 is 55.5 Å². The van der Waals surface area contributed by atoms with E-state index in [1.54, 1.807) is 11.3 Å². The van der Waals surface area contributed by atoms with E-state index < -0.39 is 0 Å². The smallest absolute Gasteiger partial charge is 0.265 e. The van der Waals surface area contributed by atoms with E-state index >= 15 is 0 Å². The van der Waals surface area contributed by atoms with Crippen molar-refractivity contribution in [2.45, 2.75) is 6.54 Å². The molecule has 0 aliphatic carbocycles. The molecule has 0 spiro atoms. The van der Waals surface area contributed by atoms with Gasteiger partial charge in [0.15, 0.2) is 5.13 Å². The Morgan fingerprint density at radius 3 is 2.84 bits per heavy atom. The van der Waals surface area contributed by atoms with E-state index in [9.17, 15) is 4.79 Å². The monoisotopic (exact) mass is 360 g/mol. The number of nitrogens with one attached hydrogen (secondary N) is 1. The average molecular weight is 361 g/mol. The van der Waals surface area contributed by atoms with Crippen LogP contribution in [0.1, 0.15) is 14.5 Å². The number of nitrogen functional groups attached to an aromatic ring is 1. The molecule has 0 saturated carbocycles. The van der Waals surface area contributed by atoms with Crippen molar-refractivity contribution in [3.05, 3.63) is 25.7 Å². The van der Waals surface area contributed by atoms with Gasteiger partial charge in [0.1, 0.15) is 10.7 Å². The van der Waals surface area contributed by atoms with E-state index in [4.69, 9.17) is 5.73 Å². The number of rotatable bonds is 4. The summed E-state index contributed by atoms with van der Waals surface area (Å²) in [7, 11) is 3.73. The summed E-state index contributed by atoms with van der Waals surface area (Å²) in [6.07, 6.45) is 0. The minimum Gasteiger partial charge on any atom is -0.382 e. The molecule has 3 N–H and O–H groups in total. The van der Waals surface area contributed by atoms with E-state index in [0.29, 0.717) is 11.4 Å². The Balaban J connectivity index is 2.03. The number of halogens is 1. The molecule has 2 aromatic rings. The number of nitrogens with zero attached hydrogens (tertiary/aromatic N) is 2. The molecule has 2 rings (SSSR count). The van der Waals surface area contributed by atoms with E-state index in [-0.39, 0.29) is 11.7 Å². The minimum atomic E-state index is -0.187. The Kier molecular flexibility index (Phi) is 4.43. The summed E-state index contributed by atoms with van der Waals surface area (Å²) in [5.74, 6) is 0.0891. The molecule has 1 amide bonds. The molecular weight excluding hydrogens is 348 g/mol. The fourth-order valence-electron chi connectivity index (χ4n) is 1.37. The fourth-order valence-corrected chi connectivity index (χ4v) is 3.58. The summed E-state index contributed by atoms with van der Waals surface area (Å²) in [5.41, 5.74) is 5.76. The van der Waals surface area contributed by atoms with E-state index in [1.807, 2.05) is 30.4 Å². The average Bonchev–Trinajstić information content (AvgIpc) is 2.92. The van der Waals surface area contributed by atoms with Crippen molar-refractivity contribution in [3.8, 4) is 0 Å². The van der Waals surface area contributed by atoms with Crippen LogP contribution < -0.4 is 16.0 Å². The van der Waals surface area contributed by atoms with Crippen molar-refractivity contribution in [2.24, 2.45) is 0 Å². The van der Waals surface area contributed by atoms with Gasteiger partial charge in [-0.3, -0.25) is 4.79 Å². The predicted molar refractivity (Wildman–Crippen MR) is 84.0 cm³/mol. The van der Waals surface area contributed by atoms with Gasteiger partial charge in [-0.1, -0.05) is 11.3 Å². The summed E-state index contributed by atoms with van der Waals surface area (Å²) < 4.78 is 1.02. The lowest BCUT2D eigenvalue weighted by molar-refractivity contribution is 0.0956. The molecule has 19 heavy (non-hydrogen) atoms. The molecule has 0 saturated heterocycles. The maximum absolute atomic E-state index is 12.0. The van der Waals surface area contributed by atoms with Gasteiger partial charge in [0.2, 0.25) is 0 Å². The first-order valence-electron chi connectivity index (χ1n) is 5.42. The van der Waals surface area contributed by atoms with Gasteiger partial charge in [0, 0.05) is 28.8 Å². The molecule has 0 aromatic carbocycles. The van der Waals surface area contributed by atoms with Gasteiger partial charge < -0.3 is 16.0 Å². The highest BCUT2D eigenvalue weighted by molar-refractivity contribution is 9.10. The number of nitrogens with two attached hydrogens (primary N) is 1. The Bertz CT molecular complexity index is 593. The summed E-state index contributed by atoms with van der Waals surface area (Å²) >= 11 is 6.25. The first kappa shape index (κ1) is 14.3. The number of carbonyl (C=O) groups excluding carboxylic acids is 1. The standard InChI is InChI=1S/C11H13BrN4OS2/c1-16(2)11-15-9(13)8(19-11)10(17)14-4-7-3-6(12)5-18-7/h3,5H,4,13H2,1-2H3,(H,14,17). The molecule has 0 unspecified atom stereocenters. The van der Waals surface area contributed by atoms with Gasteiger partial charge in [-0.05, 0) is 22.0 Å². The number of anilines is 2. The topological polar surface area (TPSA) is 71.2 Å². The number of hydrogen-bond acceptors (Lipinski definition) is 6. The van der Waals surface area contributed by atoms with Crippen LogP contribution in [0.4, 0.5) is 10.9 Å². The number of thiazole rings is 1. The van der Waals surface area contributed by atoms with Crippen LogP contribution in [0, 0.1) is 0 Å². The molecule has 5 nitrogen and oxygen atoms in total. The largest absolute Gasteiger partial charge is 0.382 e. The van der Waals surface area contributed by atoms with Crippen LogP contribution in [0.3, 0.4) is 0 Å². The zero-order valence-corrected chi connectivity index (χ0v) is 13.7. The van der Waals surface area contributed by atoms with Crippen LogP contribution >= 0.6 is 38.6 Å². The highest BCUT2D eigenvalue weighted by Crippen LogP contribution is 2.26. The first-order chi connectivity index (χ1) is 8.97. The number of amides is 1. The molecule has 102 valence electrons. The summed E-state index contributed by atoms with van der Waals surface area (Å²) in [6, 6.07) is 1.98. The summed E-state index contributed by atoms with van der Waals surface area (Å²) in [6.45, 7) is 0.490. The molecular formula is C11H13BrN4OS2. The van der Waals surface area contributed by atoms with Crippen molar-refractivity contribution < 1.29 is 4.79 Å². The molecule has 0 bridgehead atoms. The molecule has 0 fully saturated rings. The summed E-state index contributed by atoms with van der Waals surface area (Å²) in [5, 5.41) is 5.55. The second kappa shape index (κ2) is 5.89. The molecule has 0 atom stereocenters. The number of thiophene rings is 1. The van der Waals surface area contributed by atoms with E-state index in [2.05, 4.69) is 26.2 Å². The van der Waals surface area contributed by atoms with Crippen LogP contribution in [0.2, 0.25) is 0 Å². The van der Waals surface area contributed by atoms with Crippen LogP contribution in [0.15, 0.2) is 15.9 Å². The van der Waals surface area contributed by atoms with E-state index in [1.165, 1.54) is 11.3 Å². The third kappa shape index (κ3) is 3.46. The SMILES string of the molecule is CN(C)c1nc(N)c(C(=O)NCc2cc(Br)cs2)s1. The van der Waals surface area contributed by atoms with Crippen molar-refractivity contribution in [2.75, 3.05) is 24.7 Å². The molecule has 0 radical (unpaired) electrons. The number of hydrogen-bond donors (Lipinski definition) is 2. The van der Waals surface area contributed by atoms with Crippen LogP contribution in [-0.2, 0) is 6.54 Å². The molecule has 0 aliphatic rings. The van der Waals surface area contributed by atoms with Crippen LogP contribution in [0.5, 0.6) is 0 Å². The van der Waals surface area contributed by atoms with Gasteiger partial charge in [-0.2, -0.15) is 0 Å². The summed E-state index contributed by atoms with van der Waals surface area (Å²) in [4.78, 5) is 19.5. The molecule has 2 aromatic heterocycles. The van der Waals surface area contributed by atoms with Crippen LogP contribution in [0.25, 0.3) is 0 Å². The second-order valence-corrected chi connectivity index (χ2v) is 6.91. The quantitative estimate of drug-likeness (QED) is 0.878. The zero-order chi connectivity index (χ0) is 14.0. The molecule has 8 heteroatoms. The predicted octanol–water partition coefficient (Wildman–Crippen LogP) is 2.55. The van der Waals surface area contributed by atoms with Gasteiger partial charge in [-0.25, -0.2) is 4.98 Å². The van der Waals surface area contributed by atoms with Crippen molar-refractivity contribution in [1.29, 1.82) is 0 Å². The maximum atomic E-state index is 12.0. The van der Waals surface area contributed by atoms with E-state index in [0.717, 1.165) is 14.5 Å². The Hall–Kier alpha value is -1.12. The molecule has 0 aliphatic heterocycles. The van der Waals surface area contributed by atoms with Crippen LogP contribution in [-0.4, -0.2) is 25.0 Å². The third-order valence-corrected chi connectivity index (χ3v) is 5.21. The lowest BCUT2D eigenvalue weighted by atomic mass is 10.4. The number of aromatic nitrogens is 1. The third-order valence-electron chi connectivity index (χ3n) is 2.28. The Labute approximate surface area is 127 Å².